The molecule has 3 rings (SSSR count). The van der Waals surface area contributed by atoms with Gasteiger partial charge in [-0.1, -0.05) is 24.3 Å². The van der Waals surface area contributed by atoms with Crippen molar-refractivity contribution in [1.82, 2.24) is 5.32 Å². The van der Waals surface area contributed by atoms with E-state index in [2.05, 4.69) is 5.32 Å². The van der Waals surface area contributed by atoms with Gasteiger partial charge in [0.05, 0.1) is 5.60 Å². The molecule has 2 fully saturated rings. The second-order valence-corrected chi connectivity index (χ2v) is 7.68. The Morgan fingerprint density at radius 3 is 2.46 bits per heavy atom. The summed E-state index contributed by atoms with van der Waals surface area (Å²) in [5.41, 5.74) is -2.78. The monoisotopic (exact) mass is 369 g/mol. The quantitative estimate of drug-likeness (QED) is 0.638. The summed E-state index contributed by atoms with van der Waals surface area (Å²) in [7, 11) is 0. The van der Waals surface area contributed by atoms with Crippen LogP contribution in [0.15, 0.2) is 24.3 Å². The van der Waals surface area contributed by atoms with E-state index in [4.69, 9.17) is 0 Å². The van der Waals surface area contributed by atoms with Crippen LogP contribution in [0.4, 0.5) is 8.78 Å². The molecule has 5 nitrogen and oxygen atoms in total. The maximum atomic E-state index is 13.7. The maximum Gasteiger partial charge on any atom is 0.340 e. The second-order valence-electron chi connectivity index (χ2n) is 7.68. The van der Waals surface area contributed by atoms with E-state index >= 15 is 0 Å². The Kier molecular flexibility index (Phi) is 5.07. The van der Waals surface area contributed by atoms with Crippen LogP contribution in [0.3, 0.4) is 0 Å². The molecule has 0 unspecified atom stereocenters. The minimum atomic E-state index is -2.96. The highest BCUT2D eigenvalue weighted by atomic mass is 19.3. The van der Waals surface area contributed by atoms with Crippen LogP contribution in [0, 0.1) is 5.92 Å². The third kappa shape index (κ3) is 3.61. The summed E-state index contributed by atoms with van der Waals surface area (Å²) in [4.78, 5) is 12.0. The molecule has 1 aromatic carbocycles. The zero-order valence-electron chi connectivity index (χ0n) is 14.5. The van der Waals surface area contributed by atoms with Gasteiger partial charge >= 0.3 is 5.97 Å². The molecule has 144 valence electrons. The van der Waals surface area contributed by atoms with Crippen LogP contribution in [0.1, 0.15) is 43.2 Å². The smallest absolute Gasteiger partial charge is 0.340 e. The van der Waals surface area contributed by atoms with Gasteiger partial charge in [-0.3, -0.25) is 0 Å². The average Bonchev–Trinajstić information content (AvgIpc) is 2.95. The Labute approximate surface area is 151 Å². The number of aliphatic carboxylic acids is 1. The molecule has 0 bridgehead atoms. The van der Waals surface area contributed by atoms with Gasteiger partial charge in [-0.05, 0) is 43.5 Å². The fraction of sp³-hybridized carbons (Fsp3) is 0.632. The lowest BCUT2D eigenvalue weighted by molar-refractivity contribution is -0.167. The van der Waals surface area contributed by atoms with E-state index in [0.29, 0.717) is 31.5 Å². The lowest BCUT2D eigenvalue weighted by Gasteiger charge is -2.36. The molecule has 0 radical (unpaired) electrons. The Morgan fingerprint density at radius 2 is 1.88 bits per heavy atom. The van der Waals surface area contributed by atoms with Gasteiger partial charge in [-0.2, -0.15) is 0 Å². The van der Waals surface area contributed by atoms with Crippen LogP contribution in [0.5, 0.6) is 0 Å². The topological polar surface area (TPSA) is 89.8 Å². The first-order chi connectivity index (χ1) is 12.2. The van der Waals surface area contributed by atoms with Crippen molar-refractivity contribution in [2.75, 3.05) is 13.1 Å². The molecule has 4 N–H and O–H groups in total. The highest BCUT2D eigenvalue weighted by molar-refractivity contribution is 5.80. The molecule has 1 saturated carbocycles. The molecular weight excluding hydrogens is 344 g/mol. The van der Waals surface area contributed by atoms with Gasteiger partial charge in [-0.15, -0.1) is 0 Å². The van der Waals surface area contributed by atoms with E-state index in [1.807, 2.05) is 0 Å². The van der Waals surface area contributed by atoms with E-state index in [9.17, 15) is 28.9 Å². The number of carboxylic acids is 1. The van der Waals surface area contributed by atoms with E-state index in [-0.39, 0.29) is 18.4 Å². The average molecular weight is 369 g/mol. The summed E-state index contributed by atoms with van der Waals surface area (Å²) in [5.74, 6) is -5.56. The molecule has 0 amide bonds. The van der Waals surface area contributed by atoms with Crippen LogP contribution in [0.2, 0.25) is 0 Å². The summed E-state index contributed by atoms with van der Waals surface area (Å²) in [6.45, 7) is 1.30. The van der Waals surface area contributed by atoms with Gasteiger partial charge in [0.15, 0.2) is 5.60 Å². The number of piperidine rings is 1. The Balaban J connectivity index is 1.97. The van der Waals surface area contributed by atoms with Gasteiger partial charge in [0.2, 0.25) is 5.92 Å². The number of benzene rings is 1. The van der Waals surface area contributed by atoms with E-state index in [1.54, 1.807) is 18.2 Å². The fourth-order valence-electron chi connectivity index (χ4n) is 4.29. The van der Waals surface area contributed by atoms with E-state index < -0.39 is 41.9 Å². The fourth-order valence-corrected chi connectivity index (χ4v) is 4.29. The van der Waals surface area contributed by atoms with Crippen LogP contribution in [-0.2, 0) is 16.8 Å². The van der Waals surface area contributed by atoms with Crippen molar-refractivity contribution in [2.45, 2.75) is 55.6 Å². The number of aliphatic hydroxyl groups is 2. The zero-order chi connectivity index (χ0) is 19.0. The first kappa shape index (κ1) is 19.2. The molecule has 1 aromatic rings. The molecular formula is C19H25F2NO4. The van der Waals surface area contributed by atoms with Gasteiger partial charge < -0.3 is 20.6 Å². The van der Waals surface area contributed by atoms with Crippen molar-refractivity contribution in [2.24, 2.45) is 5.92 Å². The minimum Gasteiger partial charge on any atom is -0.479 e. The van der Waals surface area contributed by atoms with Crippen LogP contribution >= 0.6 is 0 Å². The molecule has 1 heterocycles. The molecule has 26 heavy (non-hydrogen) atoms. The number of carbonyl (C=O) groups is 1. The largest absolute Gasteiger partial charge is 0.479 e. The molecule has 7 heteroatoms. The number of nitrogens with one attached hydrogen (secondary N) is 1. The number of carboxylic acid groups (broad SMARTS) is 1. The predicted molar refractivity (Wildman–Crippen MR) is 91.0 cm³/mol. The molecule has 1 saturated heterocycles. The van der Waals surface area contributed by atoms with E-state index in [1.165, 1.54) is 6.07 Å². The van der Waals surface area contributed by atoms with Crippen molar-refractivity contribution < 1.29 is 28.9 Å². The number of rotatable bonds is 5. The number of alkyl halides is 2. The number of hydrogen-bond acceptors (Lipinski definition) is 4. The molecule has 0 spiro atoms. The van der Waals surface area contributed by atoms with Crippen molar-refractivity contribution in [3.63, 3.8) is 0 Å². The normalized spacial score (nSPS) is 27.0. The van der Waals surface area contributed by atoms with Gasteiger partial charge in [0, 0.05) is 25.2 Å². The van der Waals surface area contributed by atoms with Crippen molar-refractivity contribution in [1.29, 1.82) is 0 Å². The lowest BCUT2D eigenvalue weighted by atomic mass is 9.75. The highest BCUT2D eigenvalue weighted by Gasteiger charge is 2.54. The molecule has 0 aromatic heterocycles. The predicted octanol–water partition coefficient (Wildman–Crippen LogP) is 2.05. The zero-order valence-corrected chi connectivity index (χ0v) is 14.5. The van der Waals surface area contributed by atoms with Gasteiger partial charge in [0.1, 0.15) is 0 Å². The molecule has 1 aliphatic carbocycles. The summed E-state index contributed by atoms with van der Waals surface area (Å²) in [6.07, 6.45) is 0.0634. The van der Waals surface area contributed by atoms with Crippen LogP contribution in [-0.4, -0.2) is 45.9 Å². The van der Waals surface area contributed by atoms with E-state index in [0.717, 1.165) is 0 Å². The van der Waals surface area contributed by atoms with Crippen molar-refractivity contribution >= 4 is 5.97 Å². The Hall–Kier alpha value is -1.57. The minimum absolute atomic E-state index is 0.0572. The maximum absolute atomic E-state index is 13.7. The Bertz CT molecular complexity index is 675. The van der Waals surface area contributed by atoms with Gasteiger partial charge in [-0.25, -0.2) is 13.6 Å². The van der Waals surface area contributed by atoms with Gasteiger partial charge in [0.25, 0.3) is 0 Å². The van der Waals surface area contributed by atoms with Crippen molar-refractivity contribution in [3.8, 4) is 0 Å². The molecule has 1 aliphatic heterocycles. The summed E-state index contributed by atoms with van der Waals surface area (Å²) in [6, 6.07) is 6.43. The highest BCUT2D eigenvalue weighted by Crippen LogP contribution is 2.48. The summed E-state index contributed by atoms with van der Waals surface area (Å²) < 4.78 is 27.4. The first-order valence-corrected chi connectivity index (χ1v) is 9.01. The summed E-state index contributed by atoms with van der Waals surface area (Å²) >= 11 is 0. The number of hydrogen-bond donors (Lipinski definition) is 4. The Morgan fingerprint density at radius 1 is 1.23 bits per heavy atom. The molecule has 2 atom stereocenters. The SMILES string of the molecule is O=C(O)[C@](O)(c1ccccc1CC1(O)CCNCC1)[C@@H]1CCC(F)(F)C1. The summed E-state index contributed by atoms with van der Waals surface area (Å²) in [5, 5.41) is 34.8. The second kappa shape index (κ2) is 6.87. The third-order valence-corrected chi connectivity index (χ3v) is 5.80. The van der Waals surface area contributed by atoms with Crippen molar-refractivity contribution in [3.05, 3.63) is 35.4 Å². The van der Waals surface area contributed by atoms with Crippen LogP contribution in [0.25, 0.3) is 0 Å². The number of halogens is 2. The third-order valence-electron chi connectivity index (χ3n) is 5.80. The van der Waals surface area contributed by atoms with Crippen LogP contribution < -0.4 is 5.32 Å². The first-order valence-electron chi connectivity index (χ1n) is 9.01. The lowest BCUT2D eigenvalue weighted by Crippen LogP contribution is -2.46. The molecule has 2 aliphatic rings. The standard InChI is InChI=1S/C19H25F2NO4/c20-18(21)6-5-14(12-18)19(26,16(23)24)15-4-2-1-3-13(15)11-17(25)7-9-22-10-8-17/h1-4,14,22,25-26H,5-12H2,(H,23,24)/t14-,19-/m1/s1.